The average Bonchev–Trinajstić information content (AvgIpc) is 2.56. The van der Waals surface area contributed by atoms with Crippen molar-refractivity contribution in [3.05, 3.63) is 58.7 Å². The van der Waals surface area contributed by atoms with Crippen molar-refractivity contribution in [1.29, 1.82) is 0 Å². The largest absolute Gasteiger partial charge is 0.483 e. The fraction of sp³-hybridized carbons (Fsp3) is 0.480. The number of halogens is 3. The maximum Gasteiger partial charge on any atom is 0.422 e. The van der Waals surface area contributed by atoms with Crippen molar-refractivity contribution in [3.63, 3.8) is 0 Å². The molecule has 0 bridgehead atoms. The van der Waals surface area contributed by atoms with Crippen LogP contribution in [0.15, 0.2) is 42.0 Å². The molecule has 0 aliphatic heterocycles. The summed E-state index contributed by atoms with van der Waals surface area (Å²) >= 11 is 0. The van der Waals surface area contributed by atoms with Gasteiger partial charge in [-0.15, -0.1) is 0 Å². The summed E-state index contributed by atoms with van der Waals surface area (Å²) in [5, 5.41) is 8.81. The van der Waals surface area contributed by atoms with E-state index in [4.69, 9.17) is 9.84 Å². The number of aliphatic carboxylic acids is 1. The molecule has 172 valence electrons. The van der Waals surface area contributed by atoms with Crippen LogP contribution in [0.2, 0.25) is 0 Å². The van der Waals surface area contributed by atoms with Gasteiger partial charge in [0.2, 0.25) is 0 Å². The molecule has 1 aromatic carbocycles. The third-order valence-corrected chi connectivity index (χ3v) is 4.62. The molecule has 0 aromatic heterocycles. The second-order valence-corrected chi connectivity index (χ2v) is 9.74. The summed E-state index contributed by atoms with van der Waals surface area (Å²) in [6, 6.07) is 3.80. The van der Waals surface area contributed by atoms with Gasteiger partial charge in [-0.2, -0.15) is 13.2 Å². The topological polar surface area (TPSA) is 46.5 Å². The minimum atomic E-state index is -4.45. The standard InChI is InChI=1S/C25H33F3O3/c1-16(12-21(29)30)10-9-11-17(2)19-13-18(23(3,4)5)14-20(24(6,7)8)22(19)31-15-25(26,27)28/h9-14H,15H2,1-8H3,(H,29,30)/b10-9+,16-12+,17-11-. The molecule has 0 aliphatic carbocycles. The number of hydrogen-bond donors (Lipinski definition) is 1. The van der Waals surface area contributed by atoms with E-state index in [2.05, 4.69) is 0 Å². The van der Waals surface area contributed by atoms with Crippen molar-refractivity contribution in [1.82, 2.24) is 0 Å². The Kier molecular flexibility index (Phi) is 8.35. The first-order valence-corrected chi connectivity index (χ1v) is 10.1. The molecule has 0 amide bonds. The van der Waals surface area contributed by atoms with E-state index < -0.39 is 24.2 Å². The Balaban J connectivity index is 3.67. The third-order valence-electron chi connectivity index (χ3n) is 4.62. The van der Waals surface area contributed by atoms with Crippen LogP contribution >= 0.6 is 0 Å². The quantitative estimate of drug-likeness (QED) is 0.377. The smallest absolute Gasteiger partial charge is 0.422 e. The number of benzene rings is 1. The van der Waals surface area contributed by atoms with Gasteiger partial charge in [0.25, 0.3) is 0 Å². The van der Waals surface area contributed by atoms with Gasteiger partial charge in [-0.25, -0.2) is 4.79 Å². The van der Waals surface area contributed by atoms with Crippen LogP contribution in [-0.2, 0) is 15.6 Å². The number of alkyl halides is 3. The second-order valence-electron chi connectivity index (χ2n) is 9.74. The minimum Gasteiger partial charge on any atom is -0.483 e. The van der Waals surface area contributed by atoms with Crippen LogP contribution in [-0.4, -0.2) is 23.9 Å². The Morgan fingerprint density at radius 2 is 1.61 bits per heavy atom. The number of carbonyl (C=O) groups is 1. The zero-order valence-corrected chi connectivity index (χ0v) is 19.6. The predicted octanol–water partition coefficient (Wildman–Crippen LogP) is 7.21. The van der Waals surface area contributed by atoms with Gasteiger partial charge in [0, 0.05) is 17.2 Å². The zero-order chi connectivity index (χ0) is 24.2. The molecule has 0 spiro atoms. The minimum absolute atomic E-state index is 0.214. The first-order valence-electron chi connectivity index (χ1n) is 10.1. The van der Waals surface area contributed by atoms with E-state index >= 15 is 0 Å². The highest BCUT2D eigenvalue weighted by molar-refractivity contribution is 5.81. The lowest BCUT2D eigenvalue weighted by atomic mass is 9.78. The molecule has 1 aromatic rings. The molecule has 0 saturated heterocycles. The molecule has 0 saturated carbocycles. The third kappa shape index (κ3) is 8.64. The number of carboxylic acids is 1. The highest BCUT2D eigenvalue weighted by Gasteiger charge is 2.32. The molecule has 0 atom stereocenters. The van der Waals surface area contributed by atoms with Crippen molar-refractivity contribution in [3.8, 4) is 5.75 Å². The fourth-order valence-corrected chi connectivity index (χ4v) is 2.90. The van der Waals surface area contributed by atoms with Gasteiger partial charge in [0.1, 0.15) is 5.75 Å². The summed E-state index contributed by atoms with van der Waals surface area (Å²) in [6.45, 7) is 14.1. The first kappa shape index (κ1) is 26.5. The second kappa shape index (κ2) is 9.75. The lowest BCUT2D eigenvalue weighted by Gasteiger charge is -2.30. The summed E-state index contributed by atoms with van der Waals surface area (Å²) in [4.78, 5) is 10.8. The number of hydrogen-bond acceptors (Lipinski definition) is 2. The van der Waals surface area contributed by atoms with Crippen molar-refractivity contribution >= 4 is 11.5 Å². The van der Waals surface area contributed by atoms with Crippen molar-refractivity contribution < 1.29 is 27.8 Å². The lowest BCUT2D eigenvalue weighted by Crippen LogP contribution is -2.23. The van der Waals surface area contributed by atoms with Gasteiger partial charge in [0.05, 0.1) is 0 Å². The van der Waals surface area contributed by atoms with Crippen LogP contribution < -0.4 is 4.74 Å². The maximum absolute atomic E-state index is 13.0. The SMILES string of the molecule is C/C(=C/C=C/C(C)=C/C(=O)O)c1cc(C(C)(C)C)cc(C(C)(C)C)c1OCC(F)(F)F. The number of allylic oxidation sites excluding steroid dienone is 5. The highest BCUT2D eigenvalue weighted by atomic mass is 19.4. The van der Waals surface area contributed by atoms with Crippen molar-refractivity contribution in [2.75, 3.05) is 6.61 Å². The van der Waals surface area contributed by atoms with Crippen LogP contribution in [0.5, 0.6) is 5.75 Å². The Morgan fingerprint density at radius 3 is 2.06 bits per heavy atom. The van der Waals surface area contributed by atoms with Gasteiger partial charge < -0.3 is 9.84 Å². The molecular weight excluding hydrogens is 405 g/mol. The van der Waals surface area contributed by atoms with E-state index in [0.717, 1.165) is 11.6 Å². The van der Waals surface area contributed by atoms with Crippen molar-refractivity contribution in [2.45, 2.75) is 72.4 Å². The molecule has 0 heterocycles. The van der Waals surface area contributed by atoms with Gasteiger partial charge in [-0.3, -0.25) is 0 Å². The van der Waals surface area contributed by atoms with E-state index in [0.29, 0.717) is 22.3 Å². The molecular formula is C25H33F3O3. The molecule has 1 N–H and O–H groups in total. The van der Waals surface area contributed by atoms with Gasteiger partial charge in [0.15, 0.2) is 6.61 Å². The molecule has 31 heavy (non-hydrogen) atoms. The Morgan fingerprint density at radius 1 is 1.03 bits per heavy atom. The monoisotopic (exact) mass is 438 g/mol. The van der Waals surface area contributed by atoms with Gasteiger partial charge >= 0.3 is 12.1 Å². The van der Waals surface area contributed by atoms with Crippen LogP contribution in [0.3, 0.4) is 0 Å². The summed E-state index contributed by atoms with van der Waals surface area (Å²) < 4.78 is 44.2. The summed E-state index contributed by atoms with van der Waals surface area (Å²) in [5.41, 5.74) is 2.90. The first-order chi connectivity index (χ1) is 13.9. The molecule has 6 heteroatoms. The molecule has 3 nitrogen and oxygen atoms in total. The van der Waals surface area contributed by atoms with Crippen molar-refractivity contribution in [2.24, 2.45) is 0 Å². The van der Waals surface area contributed by atoms with E-state index in [1.807, 2.05) is 53.7 Å². The number of carboxylic acid groups (broad SMARTS) is 1. The highest BCUT2D eigenvalue weighted by Crippen LogP contribution is 2.41. The van der Waals surface area contributed by atoms with E-state index in [-0.39, 0.29) is 11.2 Å². The lowest BCUT2D eigenvalue weighted by molar-refractivity contribution is -0.153. The number of rotatable bonds is 6. The summed E-state index contributed by atoms with van der Waals surface area (Å²) in [7, 11) is 0. The van der Waals surface area contributed by atoms with E-state index in [9.17, 15) is 18.0 Å². The Hall–Kier alpha value is -2.50. The summed E-state index contributed by atoms with van der Waals surface area (Å²) in [6.07, 6.45) is 1.68. The summed E-state index contributed by atoms with van der Waals surface area (Å²) in [5.74, 6) is -0.823. The normalized spacial score (nSPS) is 14.3. The molecule has 0 radical (unpaired) electrons. The molecule has 0 aliphatic rings. The van der Waals surface area contributed by atoms with Gasteiger partial charge in [-0.1, -0.05) is 65.8 Å². The van der Waals surface area contributed by atoms with E-state index in [1.54, 1.807) is 32.1 Å². The van der Waals surface area contributed by atoms with Crippen LogP contribution in [0.4, 0.5) is 13.2 Å². The fourth-order valence-electron chi connectivity index (χ4n) is 2.90. The predicted molar refractivity (Wildman–Crippen MR) is 120 cm³/mol. The van der Waals surface area contributed by atoms with Crippen LogP contribution in [0.1, 0.15) is 72.1 Å². The Labute approximate surface area is 183 Å². The number of ether oxygens (including phenoxy) is 1. The van der Waals surface area contributed by atoms with Gasteiger partial charge in [-0.05, 0) is 47.5 Å². The zero-order valence-electron chi connectivity index (χ0n) is 19.6. The van der Waals surface area contributed by atoms with Crippen LogP contribution in [0, 0.1) is 0 Å². The van der Waals surface area contributed by atoms with E-state index in [1.165, 1.54) is 0 Å². The Bertz CT molecular complexity index is 890. The average molecular weight is 439 g/mol. The maximum atomic E-state index is 13.0. The molecule has 0 unspecified atom stereocenters. The molecule has 1 rings (SSSR count). The van der Waals surface area contributed by atoms with Crippen LogP contribution in [0.25, 0.3) is 5.57 Å². The molecule has 0 fully saturated rings.